The predicted molar refractivity (Wildman–Crippen MR) is 75.8 cm³/mol. The van der Waals surface area contributed by atoms with Gasteiger partial charge in [0, 0.05) is 24.8 Å². The summed E-state index contributed by atoms with van der Waals surface area (Å²) in [5, 5.41) is 4.20. The number of primary amides is 1. The molecule has 3 heterocycles. The van der Waals surface area contributed by atoms with E-state index in [0.717, 1.165) is 11.3 Å². The SMILES string of the molecule is Cc1cc(C(=O)N2CCc3[c]nc(C(N)=O)nc3C2)nn1C. The second-order valence-corrected chi connectivity index (χ2v) is 5.22. The van der Waals surface area contributed by atoms with Crippen molar-refractivity contribution in [2.75, 3.05) is 6.54 Å². The van der Waals surface area contributed by atoms with Crippen LogP contribution < -0.4 is 5.73 Å². The highest BCUT2D eigenvalue weighted by Gasteiger charge is 2.25. The molecule has 0 saturated carbocycles. The Hall–Kier alpha value is -2.77. The lowest BCUT2D eigenvalue weighted by atomic mass is 10.1. The molecular weight excluding hydrogens is 284 g/mol. The minimum absolute atomic E-state index is 0.0817. The summed E-state index contributed by atoms with van der Waals surface area (Å²) in [5.41, 5.74) is 7.90. The fourth-order valence-corrected chi connectivity index (χ4v) is 2.35. The van der Waals surface area contributed by atoms with Gasteiger partial charge in [-0.05, 0) is 19.4 Å². The van der Waals surface area contributed by atoms with Gasteiger partial charge in [0.1, 0.15) is 0 Å². The first-order valence-electron chi connectivity index (χ1n) is 6.83. The molecular formula is C14H15N6O2. The van der Waals surface area contributed by atoms with E-state index in [0.29, 0.717) is 30.9 Å². The molecule has 3 rings (SSSR count). The summed E-state index contributed by atoms with van der Waals surface area (Å²) in [6.07, 6.45) is 3.37. The second-order valence-electron chi connectivity index (χ2n) is 5.22. The van der Waals surface area contributed by atoms with Crippen LogP contribution in [0.5, 0.6) is 0 Å². The number of carbonyl (C=O) groups excluding carboxylic acids is 2. The highest BCUT2D eigenvalue weighted by Crippen LogP contribution is 2.18. The van der Waals surface area contributed by atoms with E-state index in [2.05, 4.69) is 21.3 Å². The van der Waals surface area contributed by atoms with E-state index in [1.807, 2.05) is 6.92 Å². The van der Waals surface area contributed by atoms with Gasteiger partial charge in [-0.1, -0.05) is 0 Å². The van der Waals surface area contributed by atoms with E-state index in [1.54, 1.807) is 22.7 Å². The maximum Gasteiger partial charge on any atom is 0.286 e. The molecule has 0 aliphatic carbocycles. The van der Waals surface area contributed by atoms with Crippen LogP contribution in [0.25, 0.3) is 0 Å². The molecule has 8 nitrogen and oxygen atoms in total. The molecule has 8 heteroatoms. The highest BCUT2D eigenvalue weighted by atomic mass is 16.2. The van der Waals surface area contributed by atoms with Crippen LogP contribution in [0.15, 0.2) is 6.07 Å². The van der Waals surface area contributed by atoms with Crippen LogP contribution in [-0.4, -0.2) is 43.0 Å². The summed E-state index contributed by atoms with van der Waals surface area (Å²) in [5.74, 6) is -0.946. The molecule has 0 spiro atoms. The van der Waals surface area contributed by atoms with Crippen molar-refractivity contribution in [3.63, 3.8) is 0 Å². The predicted octanol–water partition coefficient (Wildman–Crippen LogP) is -0.384. The number of aryl methyl sites for hydroxylation is 2. The first-order valence-corrected chi connectivity index (χ1v) is 6.83. The number of hydrogen-bond acceptors (Lipinski definition) is 5. The number of carbonyl (C=O) groups is 2. The standard InChI is InChI=1S/C14H15N6O2/c1-8-5-10(18-19(8)2)14(22)20-4-3-9-6-16-13(12(15)21)17-11(9)7-20/h5H,3-4,7H2,1-2H3,(H2,15,21). The third-order valence-corrected chi connectivity index (χ3v) is 3.70. The molecule has 1 radical (unpaired) electrons. The minimum atomic E-state index is -0.706. The van der Waals surface area contributed by atoms with E-state index in [9.17, 15) is 9.59 Å². The van der Waals surface area contributed by atoms with Gasteiger partial charge in [0.05, 0.1) is 18.4 Å². The monoisotopic (exact) mass is 299 g/mol. The van der Waals surface area contributed by atoms with Gasteiger partial charge in [-0.3, -0.25) is 14.3 Å². The van der Waals surface area contributed by atoms with Crippen molar-refractivity contribution >= 4 is 11.8 Å². The molecule has 2 N–H and O–H groups in total. The van der Waals surface area contributed by atoms with Crippen molar-refractivity contribution in [2.24, 2.45) is 12.8 Å². The lowest BCUT2D eigenvalue weighted by Crippen LogP contribution is -2.37. The Bertz CT molecular complexity index is 747. The Labute approximate surface area is 127 Å². The smallest absolute Gasteiger partial charge is 0.286 e. The Balaban J connectivity index is 1.85. The molecule has 22 heavy (non-hydrogen) atoms. The summed E-state index contributed by atoms with van der Waals surface area (Å²) in [6.45, 7) is 2.72. The van der Waals surface area contributed by atoms with Crippen molar-refractivity contribution in [2.45, 2.75) is 19.9 Å². The largest absolute Gasteiger partial charge is 0.363 e. The van der Waals surface area contributed by atoms with E-state index >= 15 is 0 Å². The van der Waals surface area contributed by atoms with Crippen molar-refractivity contribution in [3.05, 3.63) is 40.7 Å². The van der Waals surface area contributed by atoms with Crippen LogP contribution in [0, 0.1) is 13.1 Å². The van der Waals surface area contributed by atoms with Crippen LogP contribution in [0.3, 0.4) is 0 Å². The van der Waals surface area contributed by atoms with Gasteiger partial charge in [0.15, 0.2) is 5.69 Å². The van der Waals surface area contributed by atoms with Crippen molar-refractivity contribution in [3.8, 4) is 0 Å². The number of amides is 2. The normalized spacial score (nSPS) is 13.8. The van der Waals surface area contributed by atoms with E-state index in [4.69, 9.17) is 5.73 Å². The maximum absolute atomic E-state index is 12.5. The van der Waals surface area contributed by atoms with Crippen molar-refractivity contribution in [1.29, 1.82) is 0 Å². The fraction of sp³-hybridized carbons (Fsp3) is 0.357. The Kier molecular flexibility index (Phi) is 3.36. The Morgan fingerprint density at radius 1 is 1.41 bits per heavy atom. The summed E-state index contributed by atoms with van der Waals surface area (Å²) < 4.78 is 1.66. The number of rotatable bonds is 2. The first kappa shape index (κ1) is 14.2. The molecule has 2 amide bonds. The molecule has 1 aliphatic rings. The van der Waals surface area contributed by atoms with Gasteiger partial charge < -0.3 is 10.6 Å². The molecule has 0 unspecified atom stereocenters. The zero-order valence-corrected chi connectivity index (χ0v) is 12.3. The van der Waals surface area contributed by atoms with Gasteiger partial charge in [0.25, 0.3) is 11.8 Å². The molecule has 1 aliphatic heterocycles. The topological polar surface area (TPSA) is 107 Å². The number of hydrogen-bond donors (Lipinski definition) is 1. The van der Waals surface area contributed by atoms with Crippen LogP contribution in [0.2, 0.25) is 0 Å². The summed E-state index contributed by atoms with van der Waals surface area (Å²) in [6, 6.07) is 1.75. The molecule has 113 valence electrons. The number of nitrogens with zero attached hydrogens (tertiary/aromatic N) is 5. The third kappa shape index (κ3) is 2.43. The Morgan fingerprint density at radius 2 is 2.18 bits per heavy atom. The fourth-order valence-electron chi connectivity index (χ4n) is 2.35. The number of aromatic nitrogens is 4. The zero-order valence-electron chi connectivity index (χ0n) is 12.3. The number of nitrogens with two attached hydrogens (primary N) is 1. The molecule has 0 aromatic carbocycles. The van der Waals surface area contributed by atoms with Crippen LogP contribution >= 0.6 is 0 Å². The number of fused-ring (bicyclic) bond motifs is 1. The van der Waals surface area contributed by atoms with Gasteiger partial charge in [0.2, 0.25) is 5.82 Å². The second kappa shape index (κ2) is 5.21. The quantitative estimate of drug-likeness (QED) is 0.813. The molecule has 2 aromatic heterocycles. The minimum Gasteiger partial charge on any atom is -0.363 e. The van der Waals surface area contributed by atoms with Gasteiger partial charge in [-0.15, -0.1) is 0 Å². The van der Waals surface area contributed by atoms with E-state index < -0.39 is 5.91 Å². The van der Waals surface area contributed by atoms with E-state index in [1.165, 1.54) is 0 Å². The Morgan fingerprint density at radius 3 is 2.82 bits per heavy atom. The van der Waals surface area contributed by atoms with Crippen LogP contribution in [0.4, 0.5) is 0 Å². The van der Waals surface area contributed by atoms with Gasteiger partial charge in [-0.2, -0.15) is 5.10 Å². The van der Waals surface area contributed by atoms with Crippen LogP contribution in [-0.2, 0) is 20.0 Å². The molecule has 0 bridgehead atoms. The summed E-state index contributed by atoms with van der Waals surface area (Å²) in [4.78, 5) is 33.2. The lowest BCUT2D eigenvalue weighted by molar-refractivity contribution is 0.0724. The molecule has 0 fully saturated rings. The maximum atomic E-state index is 12.5. The van der Waals surface area contributed by atoms with Gasteiger partial charge in [-0.25, -0.2) is 9.97 Å². The lowest BCUT2D eigenvalue weighted by Gasteiger charge is -2.27. The van der Waals surface area contributed by atoms with Crippen molar-refractivity contribution in [1.82, 2.24) is 24.6 Å². The highest BCUT2D eigenvalue weighted by molar-refractivity contribution is 5.92. The third-order valence-electron chi connectivity index (χ3n) is 3.70. The molecule has 0 atom stereocenters. The first-order chi connectivity index (χ1) is 10.5. The molecule has 2 aromatic rings. The van der Waals surface area contributed by atoms with Crippen LogP contribution in [0.1, 0.15) is 38.1 Å². The van der Waals surface area contributed by atoms with E-state index in [-0.39, 0.29) is 11.7 Å². The molecule has 0 saturated heterocycles. The van der Waals surface area contributed by atoms with Crippen molar-refractivity contribution < 1.29 is 9.59 Å². The average molecular weight is 299 g/mol. The summed E-state index contributed by atoms with van der Waals surface area (Å²) >= 11 is 0. The summed E-state index contributed by atoms with van der Waals surface area (Å²) in [7, 11) is 1.79. The average Bonchev–Trinajstić information content (AvgIpc) is 2.84. The van der Waals surface area contributed by atoms with Gasteiger partial charge >= 0.3 is 0 Å². The zero-order chi connectivity index (χ0) is 15.9.